The van der Waals surface area contributed by atoms with E-state index >= 15 is 0 Å². The van der Waals surface area contributed by atoms with Gasteiger partial charge in [-0.25, -0.2) is 0 Å². The van der Waals surface area contributed by atoms with Crippen molar-refractivity contribution in [2.75, 3.05) is 52.9 Å². The zero-order valence-electron chi connectivity index (χ0n) is 13.6. The molecule has 0 amide bonds. The summed E-state index contributed by atoms with van der Waals surface area (Å²) in [7, 11) is 2.21. The first-order valence-electron chi connectivity index (χ1n) is 8.92. The first-order valence-corrected chi connectivity index (χ1v) is 8.92. The van der Waals surface area contributed by atoms with Crippen LogP contribution in [0.4, 0.5) is 0 Å². The average Bonchev–Trinajstić information content (AvgIpc) is 2.93. The molecule has 2 aliphatic heterocycles. The van der Waals surface area contributed by atoms with Gasteiger partial charge in [0.25, 0.3) is 0 Å². The number of ketones is 1. The SMILES string of the molecule is CN1CCN(CCN2CCCCC2C2CCCC2=O)CC1. The van der Waals surface area contributed by atoms with E-state index in [1.165, 1.54) is 58.5 Å². The fourth-order valence-electron chi connectivity index (χ4n) is 4.34. The van der Waals surface area contributed by atoms with Gasteiger partial charge in [-0.1, -0.05) is 6.42 Å². The van der Waals surface area contributed by atoms with Gasteiger partial charge in [0.15, 0.2) is 0 Å². The summed E-state index contributed by atoms with van der Waals surface area (Å²) in [6, 6.07) is 0.557. The summed E-state index contributed by atoms with van der Waals surface area (Å²) < 4.78 is 0. The highest BCUT2D eigenvalue weighted by Gasteiger charge is 2.36. The van der Waals surface area contributed by atoms with E-state index in [1.807, 2.05) is 0 Å². The molecule has 3 rings (SSSR count). The maximum absolute atomic E-state index is 12.1. The summed E-state index contributed by atoms with van der Waals surface area (Å²) in [5, 5.41) is 0. The monoisotopic (exact) mass is 293 g/mol. The lowest BCUT2D eigenvalue weighted by molar-refractivity contribution is -0.123. The molecular formula is C17H31N3O. The quantitative estimate of drug-likeness (QED) is 0.784. The van der Waals surface area contributed by atoms with E-state index in [2.05, 4.69) is 21.7 Å². The van der Waals surface area contributed by atoms with Crippen LogP contribution in [0.1, 0.15) is 38.5 Å². The number of likely N-dealkylation sites (N-methyl/N-ethyl adjacent to an activating group) is 1. The van der Waals surface area contributed by atoms with Gasteiger partial charge in [0.1, 0.15) is 5.78 Å². The third-order valence-electron chi connectivity index (χ3n) is 5.78. The normalized spacial score (nSPS) is 33.7. The third kappa shape index (κ3) is 3.85. The van der Waals surface area contributed by atoms with E-state index in [-0.39, 0.29) is 0 Å². The van der Waals surface area contributed by atoms with Crippen LogP contribution in [0.15, 0.2) is 0 Å². The van der Waals surface area contributed by atoms with Gasteiger partial charge in [0.05, 0.1) is 0 Å². The standard InChI is InChI=1S/C17H31N3O/c1-18-9-11-19(12-10-18)13-14-20-8-3-2-6-16(20)15-5-4-7-17(15)21/h15-16H,2-14H2,1H3. The third-order valence-corrected chi connectivity index (χ3v) is 5.78. The van der Waals surface area contributed by atoms with E-state index in [4.69, 9.17) is 0 Å². The van der Waals surface area contributed by atoms with Gasteiger partial charge in [-0.05, 0) is 39.3 Å². The van der Waals surface area contributed by atoms with Crippen molar-refractivity contribution in [1.82, 2.24) is 14.7 Å². The molecule has 0 aromatic carbocycles. The van der Waals surface area contributed by atoms with Gasteiger partial charge in [-0.15, -0.1) is 0 Å². The fraction of sp³-hybridized carbons (Fsp3) is 0.941. The summed E-state index contributed by atoms with van der Waals surface area (Å²) >= 11 is 0. The summed E-state index contributed by atoms with van der Waals surface area (Å²) in [5.41, 5.74) is 0. The molecule has 120 valence electrons. The van der Waals surface area contributed by atoms with Crippen molar-refractivity contribution in [3.8, 4) is 0 Å². The minimum absolute atomic E-state index is 0.359. The molecular weight excluding hydrogens is 262 g/mol. The maximum Gasteiger partial charge on any atom is 0.137 e. The van der Waals surface area contributed by atoms with Crippen LogP contribution in [0.2, 0.25) is 0 Å². The van der Waals surface area contributed by atoms with E-state index in [1.54, 1.807) is 0 Å². The molecule has 1 aliphatic carbocycles. The number of rotatable bonds is 4. The first-order chi connectivity index (χ1) is 10.2. The van der Waals surface area contributed by atoms with Crippen molar-refractivity contribution in [3.05, 3.63) is 0 Å². The molecule has 2 saturated heterocycles. The molecule has 0 bridgehead atoms. The summed E-state index contributed by atoms with van der Waals surface area (Å²) in [5.74, 6) is 0.907. The van der Waals surface area contributed by atoms with Gasteiger partial charge >= 0.3 is 0 Å². The van der Waals surface area contributed by atoms with E-state index in [0.717, 1.165) is 25.8 Å². The number of hydrogen-bond acceptors (Lipinski definition) is 4. The van der Waals surface area contributed by atoms with Gasteiger partial charge in [-0.3, -0.25) is 14.6 Å². The number of carbonyl (C=O) groups excluding carboxylic acids is 1. The van der Waals surface area contributed by atoms with Crippen LogP contribution in [0.25, 0.3) is 0 Å². The van der Waals surface area contributed by atoms with Crippen molar-refractivity contribution in [2.45, 2.75) is 44.6 Å². The number of likely N-dealkylation sites (tertiary alicyclic amines) is 1. The molecule has 3 aliphatic rings. The van der Waals surface area contributed by atoms with E-state index in [0.29, 0.717) is 17.7 Å². The summed E-state index contributed by atoms with van der Waals surface area (Å²) in [6.07, 6.45) is 7.01. The number of Topliss-reactive ketones (excluding diaryl/α,β-unsaturated/α-hetero) is 1. The predicted molar refractivity (Wildman–Crippen MR) is 85.5 cm³/mol. The van der Waals surface area contributed by atoms with Crippen LogP contribution in [0.5, 0.6) is 0 Å². The van der Waals surface area contributed by atoms with Crippen LogP contribution < -0.4 is 0 Å². The topological polar surface area (TPSA) is 26.8 Å². The maximum atomic E-state index is 12.1. The molecule has 4 nitrogen and oxygen atoms in total. The molecule has 2 heterocycles. The first kappa shape index (κ1) is 15.4. The highest BCUT2D eigenvalue weighted by atomic mass is 16.1. The molecule has 0 aromatic heterocycles. The lowest BCUT2D eigenvalue weighted by Gasteiger charge is -2.40. The predicted octanol–water partition coefficient (Wildman–Crippen LogP) is 1.46. The van der Waals surface area contributed by atoms with Gasteiger partial charge in [0.2, 0.25) is 0 Å². The van der Waals surface area contributed by atoms with Crippen molar-refractivity contribution in [3.63, 3.8) is 0 Å². The minimum atomic E-state index is 0.359. The number of piperazine rings is 1. The summed E-state index contributed by atoms with van der Waals surface area (Å²) in [4.78, 5) is 19.8. The van der Waals surface area contributed by atoms with Gasteiger partial charge in [0, 0.05) is 57.6 Å². The van der Waals surface area contributed by atoms with Crippen molar-refractivity contribution < 1.29 is 4.79 Å². The zero-order chi connectivity index (χ0) is 14.7. The second-order valence-corrected chi connectivity index (χ2v) is 7.21. The van der Waals surface area contributed by atoms with Crippen LogP contribution in [-0.4, -0.2) is 79.4 Å². The van der Waals surface area contributed by atoms with E-state index < -0.39 is 0 Å². The number of piperidine rings is 1. The van der Waals surface area contributed by atoms with Gasteiger partial charge in [-0.2, -0.15) is 0 Å². The molecule has 1 saturated carbocycles. The Morgan fingerprint density at radius 1 is 0.952 bits per heavy atom. The number of carbonyl (C=O) groups is 1. The Bertz CT molecular complexity index is 352. The van der Waals surface area contributed by atoms with Crippen LogP contribution >= 0.6 is 0 Å². The Labute approximate surface area is 129 Å². The number of hydrogen-bond donors (Lipinski definition) is 0. The smallest absolute Gasteiger partial charge is 0.137 e. The van der Waals surface area contributed by atoms with Crippen molar-refractivity contribution in [1.29, 1.82) is 0 Å². The Kier molecular flexibility index (Phi) is 5.30. The number of nitrogens with zero attached hydrogens (tertiary/aromatic N) is 3. The zero-order valence-corrected chi connectivity index (χ0v) is 13.6. The highest BCUT2D eigenvalue weighted by molar-refractivity contribution is 5.83. The Balaban J connectivity index is 1.51. The molecule has 2 atom stereocenters. The molecule has 21 heavy (non-hydrogen) atoms. The van der Waals surface area contributed by atoms with E-state index in [9.17, 15) is 4.79 Å². The highest BCUT2D eigenvalue weighted by Crippen LogP contribution is 2.32. The average molecular weight is 293 g/mol. The van der Waals surface area contributed by atoms with Crippen LogP contribution in [-0.2, 0) is 4.79 Å². The largest absolute Gasteiger partial charge is 0.304 e. The Hall–Kier alpha value is -0.450. The van der Waals surface area contributed by atoms with Gasteiger partial charge < -0.3 is 4.90 Å². The molecule has 0 N–H and O–H groups in total. The molecule has 0 aromatic rings. The molecule has 4 heteroatoms. The molecule has 0 radical (unpaired) electrons. The fourth-order valence-corrected chi connectivity index (χ4v) is 4.34. The van der Waals surface area contributed by atoms with Crippen LogP contribution in [0, 0.1) is 5.92 Å². The second kappa shape index (κ2) is 7.21. The van der Waals surface area contributed by atoms with Crippen LogP contribution in [0.3, 0.4) is 0 Å². The molecule has 2 unspecified atom stereocenters. The second-order valence-electron chi connectivity index (χ2n) is 7.21. The van der Waals surface area contributed by atoms with Crippen molar-refractivity contribution >= 4 is 5.78 Å². The lowest BCUT2D eigenvalue weighted by Crippen LogP contribution is -2.51. The minimum Gasteiger partial charge on any atom is -0.304 e. The lowest BCUT2D eigenvalue weighted by atomic mass is 9.88. The Morgan fingerprint density at radius 3 is 2.48 bits per heavy atom. The molecule has 3 fully saturated rings. The van der Waals surface area contributed by atoms with Crippen molar-refractivity contribution in [2.24, 2.45) is 5.92 Å². The molecule has 0 spiro atoms. The Morgan fingerprint density at radius 2 is 1.76 bits per heavy atom. The summed E-state index contributed by atoms with van der Waals surface area (Å²) in [6.45, 7) is 8.37.